The molecule has 1 saturated heterocycles. The Morgan fingerprint density at radius 2 is 1.82 bits per heavy atom. The lowest BCUT2D eigenvalue weighted by Crippen LogP contribution is -2.31. The zero-order chi connectivity index (χ0) is 15.5. The number of carbonyl (C=O) groups excluding carboxylic acids is 1. The molecule has 2 aromatic rings. The molecule has 22 heavy (non-hydrogen) atoms. The fourth-order valence-corrected chi connectivity index (χ4v) is 4.01. The summed E-state index contributed by atoms with van der Waals surface area (Å²) in [7, 11) is 0. The predicted octanol–water partition coefficient (Wildman–Crippen LogP) is 4.58. The van der Waals surface area contributed by atoms with Gasteiger partial charge < -0.3 is 4.90 Å². The molecule has 3 heteroatoms. The van der Waals surface area contributed by atoms with E-state index in [4.69, 9.17) is 0 Å². The average Bonchev–Trinajstić information content (AvgIpc) is 2.89. The summed E-state index contributed by atoms with van der Waals surface area (Å²) >= 11 is 1.73. The Balaban J connectivity index is 1.90. The summed E-state index contributed by atoms with van der Waals surface area (Å²) in [4.78, 5) is 14.2. The van der Waals surface area contributed by atoms with Crippen LogP contribution in [0.1, 0.15) is 24.8 Å². The molecule has 0 aromatic heterocycles. The highest BCUT2D eigenvalue weighted by Crippen LogP contribution is 2.40. The minimum absolute atomic E-state index is 0.151. The number of hydrogen-bond acceptors (Lipinski definition) is 2. The quantitative estimate of drug-likeness (QED) is 0.823. The number of rotatable bonds is 4. The second kappa shape index (κ2) is 6.57. The molecule has 0 aliphatic carbocycles. The van der Waals surface area contributed by atoms with Crippen LogP contribution in [-0.4, -0.2) is 23.1 Å². The van der Waals surface area contributed by atoms with Gasteiger partial charge in [0.05, 0.1) is 5.75 Å². The van der Waals surface area contributed by atoms with E-state index in [1.165, 1.54) is 16.7 Å². The van der Waals surface area contributed by atoms with Crippen molar-refractivity contribution in [1.29, 1.82) is 0 Å². The molecular formula is C19H21NOS. The standard InChI is InChI=1S/C19H21NOS/c1-14(2)12-20-18(21)13-22-19(20)17-10-6-9-16(11-17)15-7-4-3-5-8-15/h3-11,14,19H,12-13H2,1-2H3. The van der Waals surface area contributed by atoms with Gasteiger partial charge >= 0.3 is 0 Å². The van der Waals surface area contributed by atoms with Gasteiger partial charge in [-0.1, -0.05) is 62.4 Å². The summed E-state index contributed by atoms with van der Waals surface area (Å²) in [5.74, 6) is 1.34. The van der Waals surface area contributed by atoms with Crippen molar-refractivity contribution in [1.82, 2.24) is 4.90 Å². The van der Waals surface area contributed by atoms with Crippen molar-refractivity contribution < 1.29 is 4.79 Å². The highest BCUT2D eigenvalue weighted by Gasteiger charge is 2.33. The fraction of sp³-hybridized carbons (Fsp3) is 0.316. The molecule has 0 spiro atoms. The molecular weight excluding hydrogens is 290 g/mol. The van der Waals surface area contributed by atoms with Gasteiger partial charge in [-0.3, -0.25) is 4.79 Å². The van der Waals surface area contributed by atoms with E-state index in [-0.39, 0.29) is 11.3 Å². The maximum Gasteiger partial charge on any atom is 0.233 e. The second-order valence-electron chi connectivity index (χ2n) is 6.09. The number of thioether (sulfide) groups is 1. The predicted molar refractivity (Wildman–Crippen MR) is 93.6 cm³/mol. The van der Waals surface area contributed by atoms with Crippen LogP contribution in [0.25, 0.3) is 11.1 Å². The van der Waals surface area contributed by atoms with Gasteiger partial charge in [0, 0.05) is 6.54 Å². The molecule has 2 nitrogen and oxygen atoms in total. The minimum atomic E-state index is 0.151. The van der Waals surface area contributed by atoms with E-state index in [1.54, 1.807) is 11.8 Å². The number of nitrogens with zero attached hydrogens (tertiary/aromatic N) is 1. The summed E-state index contributed by atoms with van der Waals surface area (Å²) in [6, 6.07) is 19.0. The van der Waals surface area contributed by atoms with E-state index >= 15 is 0 Å². The molecule has 3 rings (SSSR count). The van der Waals surface area contributed by atoms with Crippen molar-refractivity contribution in [3.63, 3.8) is 0 Å². The Labute approximate surface area is 136 Å². The van der Waals surface area contributed by atoms with Crippen LogP contribution in [0.2, 0.25) is 0 Å². The lowest BCUT2D eigenvalue weighted by atomic mass is 10.0. The smallest absolute Gasteiger partial charge is 0.233 e. The molecule has 1 atom stereocenters. The summed E-state index contributed by atoms with van der Waals surface area (Å²) in [6.45, 7) is 5.15. The second-order valence-corrected chi connectivity index (χ2v) is 7.16. The van der Waals surface area contributed by atoms with Crippen molar-refractivity contribution >= 4 is 17.7 Å². The summed E-state index contributed by atoms with van der Waals surface area (Å²) in [5, 5.41) is 0.151. The maximum absolute atomic E-state index is 12.2. The summed E-state index contributed by atoms with van der Waals surface area (Å²) in [6.07, 6.45) is 0. The van der Waals surface area contributed by atoms with Crippen LogP contribution >= 0.6 is 11.8 Å². The molecule has 1 aliphatic heterocycles. The van der Waals surface area contributed by atoms with Crippen LogP contribution in [0.3, 0.4) is 0 Å². The van der Waals surface area contributed by atoms with Gasteiger partial charge in [-0.2, -0.15) is 0 Å². The Morgan fingerprint density at radius 3 is 2.55 bits per heavy atom. The van der Waals surface area contributed by atoms with Crippen LogP contribution in [0.5, 0.6) is 0 Å². The van der Waals surface area contributed by atoms with E-state index < -0.39 is 0 Å². The molecule has 1 aliphatic rings. The first-order valence-electron chi connectivity index (χ1n) is 7.71. The Morgan fingerprint density at radius 1 is 1.09 bits per heavy atom. The third kappa shape index (κ3) is 3.20. The van der Waals surface area contributed by atoms with Crippen molar-refractivity contribution in [2.75, 3.05) is 12.3 Å². The fourth-order valence-electron chi connectivity index (χ4n) is 2.82. The summed E-state index contributed by atoms with van der Waals surface area (Å²) < 4.78 is 0. The van der Waals surface area contributed by atoms with Crippen LogP contribution in [0.4, 0.5) is 0 Å². The van der Waals surface area contributed by atoms with Crippen molar-refractivity contribution in [2.45, 2.75) is 19.2 Å². The number of carbonyl (C=O) groups is 1. The minimum Gasteiger partial charge on any atom is -0.326 e. The van der Waals surface area contributed by atoms with Gasteiger partial charge in [-0.05, 0) is 28.7 Å². The first kappa shape index (κ1) is 15.2. The van der Waals surface area contributed by atoms with E-state index in [0.29, 0.717) is 11.7 Å². The van der Waals surface area contributed by atoms with Crippen LogP contribution in [-0.2, 0) is 4.79 Å². The van der Waals surface area contributed by atoms with Gasteiger partial charge in [-0.25, -0.2) is 0 Å². The van der Waals surface area contributed by atoms with Crippen LogP contribution in [0, 0.1) is 5.92 Å². The van der Waals surface area contributed by atoms with E-state index in [0.717, 1.165) is 6.54 Å². The molecule has 0 saturated carbocycles. The first-order chi connectivity index (χ1) is 10.6. The Hall–Kier alpha value is -1.74. The van der Waals surface area contributed by atoms with Gasteiger partial charge in [-0.15, -0.1) is 11.8 Å². The molecule has 114 valence electrons. The zero-order valence-electron chi connectivity index (χ0n) is 13.0. The molecule has 0 bridgehead atoms. The molecule has 1 amide bonds. The van der Waals surface area contributed by atoms with Crippen molar-refractivity contribution in [3.05, 3.63) is 60.2 Å². The van der Waals surface area contributed by atoms with Gasteiger partial charge in [0.2, 0.25) is 5.91 Å². The molecule has 1 fully saturated rings. The van der Waals surface area contributed by atoms with Gasteiger partial charge in [0.15, 0.2) is 0 Å². The average molecular weight is 311 g/mol. The monoisotopic (exact) mass is 311 g/mol. The highest BCUT2D eigenvalue weighted by molar-refractivity contribution is 8.00. The molecule has 0 radical (unpaired) electrons. The number of amides is 1. The van der Waals surface area contributed by atoms with Crippen molar-refractivity contribution in [2.24, 2.45) is 5.92 Å². The van der Waals surface area contributed by atoms with Gasteiger partial charge in [0.1, 0.15) is 5.37 Å². The molecule has 2 aromatic carbocycles. The first-order valence-corrected chi connectivity index (χ1v) is 8.76. The zero-order valence-corrected chi connectivity index (χ0v) is 13.8. The molecule has 1 heterocycles. The van der Waals surface area contributed by atoms with Crippen LogP contribution in [0.15, 0.2) is 54.6 Å². The largest absolute Gasteiger partial charge is 0.326 e. The summed E-state index contributed by atoms with van der Waals surface area (Å²) in [5.41, 5.74) is 3.65. The van der Waals surface area contributed by atoms with Crippen molar-refractivity contribution in [3.8, 4) is 11.1 Å². The molecule has 0 N–H and O–H groups in total. The van der Waals surface area contributed by atoms with Gasteiger partial charge in [0.25, 0.3) is 0 Å². The highest BCUT2D eigenvalue weighted by atomic mass is 32.2. The van der Waals surface area contributed by atoms with Crippen LogP contribution < -0.4 is 0 Å². The lowest BCUT2D eigenvalue weighted by molar-refractivity contribution is -0.128. The van der Waals surface area contributed by atoms with E-state index in [1.807, 2.05) is 11.0 Å². The maximum atomic E-state index is 12.2. The third-order valence-electron chi connectivity index (χ3n) is 3.81. The number of benzene rings is 2. The Kier molecular flexibility index (Phi) is 4.53. The van der Waals surface area contributed by atoms with E-state index in [9.17, 15) is 4.79 Å². The third-order valence-corrected chi connectivity index (χ3v) is 5.06. The number of hydrogen-bond donors (Lipinski definition) is 0. The SMILES string of the molecule is CC(C)CN1C(=O)CSC1c1cccc(-c2ccccc2)c1. The Bertz CT molecular complexity index is 653. The topological polar surface area (TPSA) is 20.3 Å². The van der Waals surface area contributed by atoms with E-state index in [2.05, 4.69) is 62.4 Å². The molecule has 1 unspecified atom stereocenters. The lowest BCUT2D eigenvalue weighted by Gasteiger charge is -2.26. The normalized spacial score (nSPS) is 18.2.